The summed E-state index contributed by atoms with van der Waals surface area (Å²) >= 11 is 0. The van der Waals surface area contributed by atoms with Gasteiger partial charge in [0.1, 0.15) is 0 Å². The Labute approximate surface area is 74.7 Å². The molecule has 12 heavy (non-hydrogen) atoms. The summed E-state index contributed by atoms with van der Waals surface area (Å²) in [6.07, 6.45) is 2.43. The summed E-state index contributed by atoms with van der Waals surface area (Å²) in [7, 11) is 0. The third-order valence-electron chi connectivity index (χ3n) is 3.23. The molecule has 0 spiro atoms. The molecule has 2 aliphatic carbocycles. The van der Waals surface area contributed by atoms with Gasteiger partial charge in [-0.05, 0) is 57.3 Å². The van der Waals surface area contributed by atoms with Crippen LogP contribution in [0.25, 0.3) is 0 Å². The van der Waals surface area contributed by atoms with Crippen LogP contribution in [-0.2, 0) is 0 Å². The Bertz CT molecular complexity index is 335. The van der Waals surface area contributed by atoms with Crippen LogP contribution in [-0.4, -0.2) is 0 Å². The minimum absolute atomic E-state index is 1.21. The van der Waals surface area contributed by atoms with Crippen molar-refractivity contribution < 1.29 is 0 Å². The van der Waals surface area contributed by atoms with E-state index in [2.05, 4.69) is 27.7 Å². The van der Waals surface area contributed by atoms with Gasteiger partial charge in [0, 0.05) is 0 Å². The van der Waals surface area contributed by atoms with Crippen LogP contribution in [0.3, 0.4) is 0 Å². The van der Waals surface area contributed by atoms with Crippen molar-refractivity contribution in [3.8, 4) is 0 Å². The molecule has 0 fully saturated rings. The second-order valence-electron chi connectivity index (χ2n) is 4.17. The molecular formula is C12H16. The van der Waals surface area contributed by atoms with Crippen LogP contribution < -0.4 is 0 Å². The summed E-state index contributed by atoms with van der Waals surface area (Å²) in [6, 6.07) is 0. The Hall–Kier alpha value is -0.780. The first-order valence-corrected chi connectivity index (χ1v) is 4.66. The monoisotopic (exact) mass is 160 g/mol. The molecule has 0 bridgehead atoms. The molecular weight excluding hydrogens is 144 g/mol. The molecule has 0 aliphatic heterocycles. The van der Waals surface area contributed by atoms with Gasteiger partial charge in [0.2, 0.25) is 0 Å². The second kappa shape index (κ2) is 2.35. The van der Waals surface area contributed by atoms with Crippen LogP contribution in [0.2, 0.25) is 0 Å². The molecule has 0 atom stereocenters. The summed E-state index contributed by atoms with van der Waals surface area (Å²) in [5, 5.41) is 0. The van der Waals surface area contributed by atoms with E-state index in [0.29, 0.717) is 0 Å². The lowest BCUT2D eigenvalue weighted by Gasteiger charge is -2.00. The van der Waals surface area contributed by atoms with Gasteiger partial charge < -0.3 is 0 Å². The first-order chi connectivity index (χ1) is 5.61. The maximum absolute atomic E-state index is 2.28. The van der Waals surface area contributed by atoms with Crippen LogP contribution >= 0.6 is 0 Å². The molecule has 0 aromatic rings. The lowest BCUT2D eigenvalue weighted by atomic mass is 10.1. The van der Waals surface area contributed by atoms with Crippen LogP contribution in [0.4, 0.5) is 0 Å². The fourth-order valence-corrected chi connectivity index (χ4v) is 2.46. The Balaban J connectivity index is 2.57. The molecule has 0 unspecified atom stereocenters. The minimum Gasteiger partial charge on any atom is -0.0654 e. The normalized spacial score (nSPS) is 23.0. The topological polar surface area (TPSA) is 0 Å². The van der Waals surface area contributed by atoms with Crippen molar-refractivity contribution in [3.63, 3.8) is 0 Å². The van der Waals surface area contributed by atoms with Crippen LogP contribution in [0.1, 0.15) is 40.5 Å². The molecule has 2 rings (SSSR count). The highest BCUT2D eigenvalue weighted by Crippen LogP contribution is 2.45. The van der Waals surface area contributed by atoms with Gasteiger partial charge in [-0.25, -0.2) is 0 Å². The van der Waals surface area contributed by atoms with Gasteiger partial charge in [0.15, 0.2) is 0 Å². The largest absolute Gasteiger partial charge is 0.0654 e. The summed E-state index contributed by atoms with van der Waals surface area (Å²) in [6.45, 7) is 9.07. The highest BCUT2D eigenvalue weighted by Gasteiger charge is 2.26. The van der Waals surface area contributed by atoms with Crippen molar-refractivity contribution in [1.82, 2.24) is 0 Å². The quantitative estimate of drug-likeness (QED) is 0.506. The number of allylic oxidation sites excluding steroid dienone is 6. The first-order valence-electron chi connectivity index (χ1n) is 4.66. The number of rotatable bonds is 0. The average Bonchev–Trinajstić information content (AvgIpc) is 2.41. The predicted molar refractivity (Wildman–Crippen MR) is 53.0 cm³/mol. The third-order valence-corrected chi connectivity index (χ3v) is 3.23. The van der Waals surface area contributed by atoms with Crippen molar-refractivity contribution in [2.75, 3.05) is 0 Å². The molecule has 0 nitrogen and oxygen atoms in total. The molecule has 0 aromatic heterocycles. The molecule has 0 radical (unpaired) electrons. The maximum atomic E-state index is 2.28. The molecule has 2 aliphatic rings. The maximum Gasteiger partial charge on any atom is -0.00583 e. The Morgan fingerprint density at radius 1 is 0.750 bits per heavy atom. The fraction of sp³-hybridized carbons (Fsp3) is 0.500. The Morgan fingerprint density at radius 3 is 2.00 bits per heavy atom. The molecule has 0 N–H and O–H groups in total. The zero-order valence-corrected chi connectivity index (χ0v) is 8.41. The molecule has 64 valence electrons. The van der Waals surface area contributed by atoms with E-state index in [4.69, 9.17) is 0 Å². The molecule has 0 saturated carbocycles. The zero-order valence-electron chi connectivity index (χ0n) is 8.41. The highest BCUT2D eigenvalue weighted by molar-refractivity contribution is 5.62. The summed E-state index contributed by atoms with van der Waals surface area (Å²) < 4.78 is 0. The lowest BCUT2D eigenvalue weighted by Crippen LogP contribution is -1.80. The van der Waals surface area contributed by atoms with Crippen molar-refractivity contribution in [1.29, 1.82) is 0 Å². The molecule has 0 aromatic carbocycles. The third kappa shape index (κ3) is 0.841. The van der Waals surface area contributed by atoms with E-state index in [1.807, 2.05) is 0 Å². The number of fused-ring (bicyclic) bond motifs is 1. The molecule has 0 heteroatoms. The minimum atomic E-state index is 1.21. The van der Waals surface area contributed by atoms with Gasteiger partial charge >= 0.3 is 0 Å². The van der Waals surface area contributed by atoms with E-state index in [1.54, 1.807) is 33.4 Å². The number of hydrogen-bond donors (Lipinski definition) is 0. The van der Waals surface area contributed by atoms with Gasteiger partial charge in [-0.1, -0.05) is 16.7 Å². The first kappa shape index (κ1) is 7.85. The van der Waals surface area contributed by atoms with E-state index in [-0.39, 0.29) is 0 Å². The van der Waals surface area contributed by atoms with Crippen LogP contribution in [0, 0.1) is 0 Å². The van der Waals surface area contributed by atoms with Gasteiger partial charge in [0.05, 0.1) is 0 Å². The van der Waals surface area contributed by atoms with Gasteiger partial charge in [-0.3, -0.25) is 0 Å². The van der Waals surface area contributed by atoms with Crippen LogP contribution in [0.5, 0.6) is 0 Å². The van der Waals surface area contributed by atoms with E-state index in [1.165, 1.54) is 12.8 Å². The van der Waals surface area contributed by atoms with Crippen molar-refractivity contribution in [3.05, 3.63) is 33.4 Å². The summed E-state index contributed by atoms with van der Waals surface area (Å²) in [5.74, 6) is 0. The second-order valence-corrected chi connectivity index (χ2v) is 4.17. The van der Waals surface area contributed by atoms with E-state index >= 15 is 0 Å². The summed E-state index contributed by atoms with van der Waals surface area (Å²) in [5.41, 5.74) is 9.50. The smallest absolute Gasteiger partial charge is 0.00583 e. The van der Waals surface area contributed by atoms with E-state index in [0.717, 1.165) is 0 Å². The van der Waals surface area contributed by atoms with Crippen molar-refractivity contribution >= 4 is 0 Å². The van der Waals surface area contributed by atoms with Gasteiger partial charge in [-0.15, -0.1) is 0 Å². The molecule has 0 amide bonds. The average molecular weight is 160 g/mol. The van der Waals surface area contributed by atoms with Crippen molar-refractivity contribution in [2.24, 2.45) is 0 Å². The summed E-state index contributed by atoms with van der Waals surface area (Å²) in [4.78, 5) is 0. The molecule has 0 heterocycles. The highest BCUT2D eigenvalue weighted by atomic mass is 14.3. The predicted octanol–water partition coefficient (Wildman–Crippen LogP) is 3.76. The van der Waals surface area contributed by atoms with Gasteiger partial charge in [-0.2, -0.15) is 0 Å². The number of hydrogen-bond acceptors (Lipinski definition) is 0. The van der Waals surface area contributed by atoms with E-state index < -0.39 is 0 Å². The Morgan fingerprint density at radius 2 is 1.42 bits per heavy atom. The van der Waals surface area contributed by atoms with E-state index in [9.17, 15) is 0 Å². The SMILES string of the molecule is CC1=C(C)C2=C(C)CC(C)=C2C1. The van der Waals surface area contributed by atoms with Crippen LogP contribution in [0.15, 0.2) is 33.4 Å². The Kier molecular flexibility index (Phi) is 1.54. The van der Waals surface area contributed by atoms with Gasteiger partial charge in [0.25, 0.3) is 0 Å². The standard InChI is InChI=1S/C12H16/c1-7-6-11-8(2)5-9(3)12(11)10(7)4/h5-6H2,1-4H3. The molecule has 0 saturated heterocycles. The van der Waals surface area contributed by atoms with Crippen molar-refractivity contribution in [2.45, 2.75) is 40.5 Å². The fourth-order valence-electron chi connectivity index (χ4n) is 2.46. The lowest BCUT2D eigenvalue weighted by molar-refractivity contribution is 1.09. The zero-order chi connectivity index (χ0) is 8.88.